The third-order valence-electron chi connectivity index (χ3n) is 5.58. The average Bonchev–Trinajstić information content (AvgIpc) is 3.14. The maximum Gasteiger partial charge on any atom is 0.294 e. The monoisotopic (exact) mass is 328 g/mol. The van der Waals surface area contributed by atoms with Crippen molar-refractivity contribution < 1.29 is 9.65 Å². The molecule has 0 unspecified atom stereocenters. The van der Waals surface area contributed by atoms with E-state index < -0.39 is 5.54 Å². The molecule has 0 spiro atoms. The van der Waals surface area contributed by atoms with Crippen molar-refractivity contribution in [3.8, 4) is 0 Å². The molecule has 7 nitrogen and oxygen atoms in total. The van der Waals surface area contributed by atoms with Gasteiger partial charge >= 0.3 is 0 Å². The normalized spacial score (nSPS) is 19.5. The number of nitro groups is 1. The lowest BCUT2D eigenvalue weighted by molar-refractivity contribution is -0.562. The van der Waals surface area contributed by atoms with E-state index in [-0.39, 0.29) is 10.6 Å². The van der Waals surface area contributed by atoms with Crippen LogP contribution in [0.1, 0.15) is 31.2 Å². The molecular weight excluding hydrogens is 308 g/mol. The Hall–Kier alpha value is -2.41. The number of benzene rings is 1. The van der Waals surface area contributed by atoms with Crippen molar-refractivity contribution in [2.45, 2.75) is 31.2 Å². The minimum absolute atomic E-state index is 0.0795. The van der Waals surface area contributed by atoms with Crippen LogP contribution in [0.25, 0.3) is 10.9 Å². The Morgan fingerprint density at radius 2 is 1.92 bits per heavy atom. The number of aromatic nitrogens is 1. The van der Waals surface area contributed by atoms with Crippen LogP contribution in [0.5, 0.6) is 0 Å². The van der Waals surface area contributed by atoms with E-state index >= 15 is 0 Å². The molecule has 2 aliphatic heterocycles. The van der Waals surface area contributed by atoms with E-state index in [2.05, 4.69) is 10.2 Å². The minimum atomic E-state index is -0.392. The number of hydrogen-bond donors (Lipinski definition) is 1. The smallest absolute Gasteiger partial charge is 0.294 e. The van der Waals surface area contributed by atoms with Crippen LogP contribution in [-0.4, -0.2) is 30.0 Å². The van der Waals surface area contributed by atoms with Gasteiger partial charge in [-0.15, -0.1) is 0 Å². The molecule has 0 atom stereocenters. The fraction of sp³-hybridized carbons (Fsp3) is 0.471. The summed E-state index contributed by atoms with van der Waals surface area (Å²) in [6, 6.07) is 6.79. The van der Waals surface area contributed by atoms with Gasteiger partial charge in [-0.05, 0) is 50.9 Å². The number of rotatable bonds is 3. The van der Waals surface area contributed by atoms with Gasteiger partial charge < -0.3 is 5.21 Å². The van der Waals surface area contributed by atoms with Crippen molar-refractivity contribution in [2.75, 3.05) is 25.5 Å². The maximum absolute atomic E-state index is 12.9. The number of para-hydroxylation sites is 1. The lowest BCUT2D eigenvalue weighted by Gasteiger charge is -2.33. The first-order valence-corrected chi connectivity index (χ1v) is 8.36. The Kier molecular flexibility index (Phi) is 3.35. The molecule has 7 heteroatoms. The minimum Gasteiger partial charge on any atom is -0.710 e. The van der Waals surface area contributed by atoms with Crippen LogP contribution >= 0.6 is 0 Å². The first-order chi connectivity index (χ1) is 11.6. The van der Waals surface area contributed by atoms with Crippen molar-refractivity contribution in [3.05, 3.63) is 45.2 Å². The van der Waals surface area contributed by atoms with Crippen LogP contribution in [0.4, 0.5) is 11.5 Å². The van der Waals surface area contributed by atoms with E-state index in [9.17, 15) is 15.3 Å². The second-order valence-electron chi connectivity index (χ2n) is 6.62. The molecule has 2 aromatic rings. The Bertz CT molecular complexity index is 826. The van der Waals surface area contributed by atoms with E-state index in [1.807, 2.05) is 0 Å². The van der Waals surface area contributed by atoms with Crippen LogP contribution in [0.15, 0.2) is 24.3 Å². The fourth-order valence-corrected chi connectivity index (χ4v) is 4.69. The van der Waals surface area contributed by atoms with Crippen molar-refractivity contribution in [2.24, 2.45) is 0 Å². The quantitative estimate of drug-likeness (QED) is 0.405. The van der Waals surface area contributed by atoms with Gasteiger partial charge in [0, 0.05) is 0 Å². The van der Waals surface area contributed by atoms with Gasteiger partial charge in [0.1, 0.15) is 16.5 Å². The third kappa shape index (κ3) is 1.84. The van der Waals surface area contributed by atoms with Crippen LogP contribution in [0.2, 0.25) is 0 Å². The average molecular weight is 328 g/mol. The lowest BCUT2D eigenvalue weighted by atomic mass is 9.84. The van der Waals surface area contributed by atoms with Gasteiger partial charge in [-0.25, -0.2) is 4.73 Å². The van der Waals surface area contributed by atoms with Crippen LogP contribution < -0.4 is 10.0 Å². The van der Waals surface area contributed by atoms with Gasteiger partial charge in [0.25, 0.3) is 11.5 Å². The zero-order valence-electron chi connectivity index (χ0n) is 13.6. The highest BCUT2D eigenvalue weighted by Gasteiger charge is 2.52. The second-order valence-corrected chi connectivity index (χ2v) is 6.62. The predicted octanol–water partition coefficient (Wildman–Crippen LogP) is 2.51. The zero-order valence-corrected chi connectivity index (χ0v) is 13.6. The Morgan fingerprint density at radius 1 is 1.25 bits per heavy atom. The second kappa shape index (κ2) is 5.31. The first-order valence-electron chi connectivity index (χ1n) is 8.36. The number of nitrogens with zero attached hydrogens (tertiary/aromatic N) is 3. The molecule has 2 aliphatic rings. The third-order valence-corrected chi connectivity index (χ3v) is 5.58. The van der Waals surface area contributed by atoms with E-state index in [1.54, 1.807) is 31.3 Å². The maximum atomic E-state index is 12.9. The molecule has 0 saturated carbocycles. The van der Waals surface area contributed by atoms with Gasteiger partial charge in [-0.2, -0.15) is 0 Å². The summed E-state index contributed by atoms with van der Waals surface area (Å²) in [4.78, 5) is 14.0. The molecule has 0 bridgehead atoms. The highest BCUT2D eigenvalue weighted by Crippen LogP contribution is 2.52. The molecule has 1 aromatic carbocycles. The summed E-state index contributed by atoms with van der Waals surface area (Å²) in [5, 5.41) is 28.3. The molecule has 1 N–H and O–H groups in total. The van der Waals surface area contributed by atoms with Crippen LogP contribution in [0, 0.1) is 15.3 Å². The van der Waals surface area contributed by atoms with Gasteiger partial charge in [0.15, 0.2) is 0 Å². The first kappa shape index (κ1) is 15.1. The molecular formula is C17H20N4O3. The predicted molar refractivity (Wildman–Crippen MR) is 90.8 cm³/mol. The standard InChI is InChI=1S/C17H20N4O3/c1-18-16-14(17-8-4-10-19(17)11-5-9-17)15(21(23)24)12-6-2-3-7-13(12)20(16)22/h2-3,6-7,18H,4-5,8-11H2,1H3. The summed E-state index contributed by atoms with van der Waals surface area (Å²) in [6.45, 7) is 1.87. The Balaban J connectivity index is 2.14. The fourth-order valence-electron chi connectivity index (χ4n) is 4.69. The summed E-state index contributed by atoms with van der Waals surface area (Å²) in [5.41, 5.74) is 0.586. The van der Waals surface area contributed by atoms with E-state index in [0.717, 1.165) is 43.5 Å². The number of anilines is 1. The van der Waals surface area contributed by atoms with Crippen LogP contribution in [-0.2, 0) is 5.54 Å². The summed E-state index contributed by atoms with van der Waals surface area (Å²) in [6.07, 6.45) is 3.74. The molecule has 3 heterocycles. The van der Waals surface area contributed by atoms with Gasteiger partial charge in [0.05, 0.1) is 17.5 Å². The summed E-state index contributed by atoms with van der Waals surface area (Å²) < 4.78 is 0.821. The summed E-state index contributed by atoms with van der Waals surface area (Å²) in [5.74, 6) is 0.314. The number of hydrogen-bond acceptors (Lipinski definition) is 5. The van der Waals surface area contributed by atoms with Gasteiger partial charge in [-0.1, -0.05) is 12.1 Å². The summed E-state index contributed by atoms with van der Waals surface area (Å²) >= 11 is 0. The summed E-state index contributed by atoms with van der Waals surface area (Å²) in [7, 11) is 1.66. The van der Waals surface area contributed by atoms with Gasteiger partial charge in [0.2, 0.25) is 0 Å². The SMILES string of the molecule is CNc1c(C23CCCN2CCC3)c([N+](=O)[O-])c2ccccc2[n+]1[O-]. The van der Waals surface area contributed by atoms with E-state index in [0.29, 0.717) is 22.3 Å². The highest BCUT2D eigenvalue weighted by molar-refractivity contribution is 5.89. The lowest BCUT2D eigenvalue weighted by Crippen LogP contribution is -2.41. The number of nitrogens with one attached hydrogen (secondary N) is 1. The molecule has 0 radical (unpaired) electrons. The van der Waals surface area contributed by atoms with Crippen molar-refractivity contribution in [3.63, 3.8) is 0 Å². The Labute approximate surface area is 139 Å². The molecule has 24 heavy (non-hydrogen) atoms. The molecule has 0 aliphatic carbocycles. The molecule has 2 fully saturated rings. The highest BCUT2D eigenvalue weighted by atomic mass is 16.6. The van der Waals surface area contributed by atoms with E-state index in [4.69, 9.17) is 0 Å². The van der Waals surface area contributed by atoms with Gasteiger partial charge in [-0.3, -0.25) is 20.3 Å². The van der Waals surface area contributed by atoms with Crippen molar-refractivity contribution in [1.82, 2.24) is 4.90 Å². The number of fused-ring (bicyclic) bond motifs is 2. The van der Waals surface area contributed by atoms with Crippen LogP contribution in [0.3, 0.4) is 0 Å². The molecule has 1 aromatic heterocycles. The molecule has 0 amide bonds. The largest absolute Gasteiger partial charge is 0.710 e. The topological polar surface area (TPSA) is 85.3 Å². The zero-order chi connectivity index (χ0) is 16.9. The number of pyridine rings is 1. The molecule has 4 rings (SSSR count). The molecule has 2 saturated heterocycles. The van der Waals surface area contributed by atoms with Crippen molar-refractivity contribution in [1.29, 1.82) is 0 Å². The van der Waals surface area contributed by atoms with E-state index in [1.165, 1.54) is 0 Å². The Morgan fingerprint density at radius 3 is 2.54 bits per heavy atom. The molecule has 126 valence electrons. The van der Waals surface area contributed by atoms with Crippen molar-refractivity contribution >= 4 is 22.4 Å².